The van der Waals surface area contributed by atoms with E-state index in [2.05, 4.69) is 66.0 Å². The number of nitrogens with zero attached hydrogens (tertiary/aromatic N) is 2. The minimum Gasteiger partial charge on any atom is -0.328 e. The number of aromatic nitrogens is 2. The highest BCUT2D eigenvalue weighted by molar-refractivity contribution is 6.30. The van der Waals surface area contributed by atoms with Gasteiger partial charge in [-0.05, 0) is 42.3 Å². The second-order valence-corrected chi connectivity index (χ2v) is 6.47. The van der Waals surface area contributed by atoms with E-state index in [0.29, 0.717) is 0 Å². The summed E-state index contributed by atoms with van der Waals surface area (Å²) < 4.78 is 2.17. The fourth-order valence-corrected chi connectivity index (χ4v) is 3.34. The molecule has 4 aromatic rings. The predicted octanol–water partition coefficient (Wildman–Crippen LogP) is 5.87. The second kappa shape index (κ2) is 5.81. The number of aryl methyl sites for hydroxylation is 2. The van der Waals surface area contributed by atoms with Crippen LogP contribution in [0, 0.1) is 6.92 Å². The van der Waals surface area contributed by atoms with E-state index < -0.39 is 0 Å². The number of fused-ring (bicyclic) bond motifs is 1. The molecule has 0 fully saturated rings. The van der Waals surface area contributed by atoms with Crippen molar-refractivity contribution in [2.75, 3.05) is 0 Å². The van der Waals surface area contributed by atoms with Crippen molar-refractivity contribution in [1.82, 2.24) is 9.55 Å². The van der Waals surface area contributed by atoms with Crippen molar-refractivity contribution in [3.8, 4) is 22.4 Å². The summed E-state index contributed by atoms with van der Waals surface area (Å²) in [5, 5.41) is 1.90. The summed E-state index contributed by atoms with van der Waals surface area (Å²) in [5.41, 5.74) is 6.94. The second-order valence-electron chi connectivity index (χ2n) is 6.03. The highest BCUT2D eigenvalue weighted by Crippen LogP contribution is 2.39. The van der Waals surface area contributed by atoms with Crippen LogP contribution in [0.1, 0.15) is 5.56 Å². The van der Waals surface area contributed by atoms with E-state index in [1.165, 1.54) is 22.4 Å². The van der Waals surface area contributed by atoms with Crippen LogP contribution in [0.5, 0.6) is 0 Å². The van der Waals surface area contributed by atoms with Crippen LogP contribution in [-0.4, -0.2) is 9.55 Å². The van der Waals surface area contributed by atoms with Gasteiger partial charge in [-0.2, -0.15) is 0 Å². The maximum absolute atomic E-state index is 6.08. The van der Waals surface area contributed by atoms with Crippen molar-refractivity contribution in [3.05, 3.63) is 77.4 Å². The summed E-state index contributed by atoms with van der Waals surface area (Å²) in [6.45, 7) is 2.10. The lowest BCUT2D eigenvalue weighted by molar-refractivity contribution is 0.958. The normalized spacial score (nSPS) is 11.1. The average molecular weight is 333 g/mol. The molecule has 24 heavy (non-hydrogen) atoms. The zero-order valence-electron chi connectivity index (χ0n) is 13.6. The van der Waals surface area contributed by atoms with Crippen LogP contribution in [0.2, 0.25) is 5.02 Å². The fourth-order valence-electron chi connectivity index (χ4n) is 3.22. The van der Waals surface area contributed by atoms with Gasteiger partial charge in [0, 0.05) is 29.2 Å². The molecule has 0 saturated heterocycles. The molecule has 0 spiro atoms. The van der Waals surface area contributed by atoms with Crippen molar-refractivity contribution < 1.29 is 0 Å². The maximum Gasteiger partial charge on any atom is 0.140 e. The van der Waals surface area contributed by atoms with Gasteiger partial charge in [-0.25, -0.2) is 4.98 Å². The van der Waals surface area contributed by atoms with Crippen molar-refractivity contribution in [1.29, 1.82) is 0 Å². The first-order valence-electron chi connectivity index (χ1n) is 7.91. The fraction of sp³-hybridized carbons (Fsp3) is 0.0952. The van der Waals surface area contributed by atoms with Gasteiger partial charge in [0.15, 0.2) is 0 Å². The van der Waals surface area contributed by atoms with Crippen molar-refractivity contribution in [3.63, 3.8) is 0 Å². The number of rotatable bonds is 2. The summed E-state index contributed by atoms with van der Waals surface area (Å²) in [6, 6.07) is 20.8. The Morgan fingerprint density at radius 3 is 2.25 bits per heavy atom. The topological polar surface area (TPSA) is 17.8 Å². The van der Waals surface area contributed by atoms with Gasteiger partial charge in [-0.1, -0.05) is 53.6 Å². The first-order valence-corrected chi connectivity index (χ1v) is 8.29. The summed E-state index contributed by atoms with van der Waals surface area (Å²) >= 11 is 6.08. The number of benzene rings is 2. The summed E-state index contributed by atoms with van der Waals surface area (Å²) in [4.78, 5) is 4.59. The van der Waals surface area contributed by atoms with E-state index in [-0.39, 0.29) is 0 Å². The van der Waals surface area contributed by atoms with Gasteiger partial charge in [-0.3, -0.25) is 0 Å². The van der Waals surface area contributed by atoms with E-state index in [9.17, 15) is 0 Å². The van der Waals surface area contributed by atoms with E-state index >= 15 is 0 Å². The molecule has 0 aliphatic rings. The SMILES string of the molecule is Cc1ccc(-c2c(-c3ccc(Cl)cc3)c3cccnc3n2C)cc1. The van der Waals surface area contributed by atoms with Gasteiger partial charge in [0.1, 0.15) is 5.65 Å². The summed E-state index contributed by atoms with van der Waals surface area (Å²) in [5.74, 6) is 0. The Bertz CT molecular complexity index is 1010. The van der Waals surface area contributed by atoms with Crippen LogP contribution in [0.15, 0.2) is 66.9 Å². The van der Waals surface area contributed by atoms with Gasteiger partial charge in [0.2, 0.25) is 0 Å². The van der Waals surface area contributed by atoms with Crippen molar-refractivity contribution >= 4 is 22.6 Å². The van der Waals surface area contributed by atoms with Crippen LogP contribution >= 0.6 is 11.6 Å². The molecular formula is C21H17ClN2. The zero-order valence-corrected chi connectivity index (χ0v) is 14.4. The van der Waals surface area contributed by atoms with Crippen molar-refractivity contribution in [2.24, 2.45) is 7.05 Å². The molecule has 0 radical (unpaired) electrons. The van der Waals surface area contributed by atoms with Gasteiger partial charge in [0.25, 0.3) is 0 Å². The van der Waals surface area contributed by atoms with Gasteiger partial charge in [0.05, 0.1) is 5.69 Å². The van der Waals surface area contributed by atoms with Crippen LogP contribution in [0.4, 0.5) is 0 Å². The monoisotopic (exact) mass is 332 g/mol. The zero-order chi connectivity index (χ0) is 16.7. The minimum absolute atomic E-state index is 0.744. The molecule has 0 aliphatic heterocycles. The van der Waals surface area contributed by atoms with Crippen LogP contribution in [0.3, 0.4) is 0 Å². The van der Waals surface area contributed by atoms with E-state index in [0.717, 1.165) is 21.6 Å². The Labute approximate surface area is 146 Å². The molecule has 0 N–H and O–H groups in total. The molecule has 2 aromatic heterocycles. The highest BCUT2D eigenvalue weighted by atomic mass is 35.5. The molecule has 0 aliphatic carbocycles. The standard InChI is InChI=1S/C21H17ClN2/c1-14-5-7-16(8-6-14)20-19(15-9-11-17(22)12-10-15)18-4-3-13-23-21(18)24(20)2/h3-13H,1-2H3. The van der Waals surface area contributed by atoms with Gasteiger partial charge < -0.3 is 4.57 Å². The minimum atomic E-state index is 0.744. The average Bonchev–Trinajstić information content (AvgIpc) is 2.90. The van der Waals surface area contributed by atoms with E-state index in [1.54, 1.807) is 0 Å². The molecule has 118 valence electrons. The lowest BCUT2D eigenvalue weighted by Gasteiger charge is -2.09. The van der Waals surface area contributed by atoms with Gasteiger partial charge >= 0.3 is 0 Å². The number of halogens is 1. The Balaban J connectivity index is 2.08. The molecule has 3 heteroatoms. The highest BCUT2D eigenvalue weighted by Gasteiger charge is 2.18. The van der Waals surface area contributed by atoms with Crippen molar-refractivity contribution in [2.45, 2.75) is 6.92 Å². The van der Waals surface area contributed by atoms with Crippen LogP contribution in [-0.2, 0) is 7.05 Å². The quantitative estimate of drug-likeness (QED) is 0.449. The first kappa shape index (κ1) is 15.0. The third-order valence-corrected chi connectivity index (χ3v) is 4.66. The van der Waals surface area contributed by atoms with E-state index in [1.807, 2.05) is 24.4 Å². The maximum atomic E-state index is 6.08. The van der Waals surface area contributed by atoms with Crippen LogP contribution < -0.4 is 0 Å². The Kier molecular flexibility index (Phi) is 3.62. The number of hydrogen-bond acceptors (Lipinski definition) is 1. The number of pyridine rings is 1. The summed E-state index contributed by atoms with van der Waals surface area (Å²) in [6.07, 6.45) is 1.84. The third kappa shape index (κ3) is 2.40. The molecule has 0 bridgehead atoms. The Morgan fingerprint density at radius 2 is 1.54 bits per heavy atom. The molecule has 0 unspecified atom stereocenters. The first-order chi connectivity index (χ1) is 11.6. The lowest BCUT2D eigenvalue weighted by atomic mass is 9.98. The summed E-state index contributed by atoms with van der Waals surface area (Å²) in [7, 11) is 2.07. The predicted molar refractivity (Wildman–Crippen MR) is 101 cm³/mol. The number of hydrogen-bond donors (Lipinski definition) is 0. The molecule has 0 atom stereocenters. The lowest BCUT2D eigenvalue weighted by Crippen LogP contribution is -1.93. The molecule has 4 rings (SSSR count). The van der Waals surface area contributed by atoms with Crippen LogP contribution in [0.25, 0.3) is 33.4 Å². The van der Waals surface area contributed by atoms with E-state index in [4.69, 9.17) is 11.6 Å². The smallest absolute Gasteiger partial charge is 0.140 e. The molecule has 2 aromatic carbocycles. The molecule has 2 heterocycles. The Hall–Kier alpha value is -2.58. The van der Waals surface area contributed by atoms with Gasteiger partial charge in [-0.15, -0.1) is 0 Å². The third-order valence-electron chi connectivity index (χ3n) is 4.40. The Morgan fingerprint density at radius 1 is 0.875 bits per heavy atom. The molecular weight excluding hydrogens is 316 g/mol. The molecule has 2 nitrogen and oxygen atoms in total. The molecule has 0 amide bonds. The largest absolute Gasteiger partial charge is 0.328 e. The molecule has 0 saturated carbocycles.